The highest BCUT2D eigenvalue weighted by molar-refractivity contribution is 5.62. The fourth-order valence-corrected chi connectivity index (χ4v) is 3.55. The molecule has 0 spiro atoms. The van der Waals surface area contributed by atoms with Crippen molar-refractivity contribution in [1.82, 2.24) is 19.5 Å². The average molecular weight is 410 g/mol. The van der Waals surface area contributed by atoms with Crippen molar-refractivity contribution in [3.05, 3.63) is 77.2 Å². The lowest BCUT2D eigenvalue weighted by Crippen LogP contribution is -2.28. The Bertz CT molecular complexity index is 1170. The van der Waals surface area contributed by atoms with Gasteiger partial charge in [0.15, 0.2) is 0 Å². The number of pyridine rings is 2. The molecule has 1 atom stereocenters. The lowest BCUT2D eigenvalue weighted by Gasteiger charge is -2.27. The lowest BCUT2D eigenvalue weighted by atomic mass is 10.1. The molecule has 4 rings (SSSR count). The zero-order valence-electron chi connectivity index (χ0n) is 16.2. The number of alkyl halides is 3. The number of rotatable bonds is 3. The van der Waals surface area contributed by atoms with E-state index in [0.29, 0.717) is 18.2 Å². The van der Waals surface area contributed by atoms with Gasteiger partial charge in [-0.15, -0.1) is 0 Å². The maximum absolute atomic E-state index is 13.5. The molecule has 152 valence electrons. The molecule has 0 fully saturated rings. The Balaban J connectivity index is 1.82. The number of aryl methyl sites for hydroxylation is 2. The summed E-state index contributed by atoms with van der Waals surface area (Å²) in [6.45, 7) is 3.66. The molecule has 0 radical (unpaired) electrons. The van der Waals surface area contributed by atoms with E-state index in [1.54, 1.807) is 27.9 Å². The van der Waals surface area contributed by atoms with Crippen LogP contribution < -0.4 is 4.90 Å². The van der Waals surface area contributed by atoms with Gasteiger partial charge in [0.25, 0.3) is 0 Å². The Kier molecular flexibility index (Phi) is 4.78. The van der Waals surface area contributed by atoms with E-state index in [0.717, 1.165) is 11.8 Å². The molecular weight excluding hydrogens is 393 g/mol. The van der Waals surface area contributed by atoms with E-state index in [1.807, 2.05) is 37.3 Å². The molecule has 0 aromatic carbocycles. The summed E-state index contributed by atoms with van der Waals surface area (Å²) in [5.74, 6) is 1.21. The molecule has 30 heavy (non-hydrogen) atoms. The SMILES string of the molecule is Cc1cccc(-n2ccnc2[C@@H]2C=CCN2c2nc(C)cc(C(F)(F)F)c2C#N)n1. The van der Waals surface area contributed by atoms with Crippen LogP contribution in [0.2, 0.25) is 0 Å². The highest BCUT2D eigenvalue weighted by Crippen LogP contribution is 2.39. The first-order chi connectivity index (χ1) is 14.3. The van der Waals surface area contributed by atoms with Crippen LogP contribution in [0.4, 0.5) is 19.0 Å². The minimum atomic E-state index is -4.65. The van der Waals surface area contributed by atoms with Gasteiger partial charge in [-0.2, -0.15) is 18.4 Å². The van der Waals surface area contributed by atoms with Crippen LogP contribution in [-0.4, -0.2) is 26.1 Å². The predicted octanol–water partition coefficient (Wildman–Crippen LogP) is 4.29. The van der Waals surface area contributed by atoms with Crippen molar-refractivity contribution in [2.24, 2.45) is 0 Å². The van der Waals surface area contributed by atoms with Crippen LogP contribution in [0.5, 0.6) is 0 Å². The molecule has 0 unspecified atom stereocenters. The molecule has 6 nitrogen and oxygen atoms in total. The minimum absolute atomic E-state index is 0.00780. The van der Waals surface area contributed by atoms with Gasteiger partial charge >= 0.3 is 6.18 Å². The largest absolute Gasteiger partial charge is 0.417 e. The van der Waals surface area contributed by atoms with Gasteiger partial charge in [0.2, 0.25) is 0 Å². The van der Waals surface area contributed by atoms with Crippen LogP contribution in [0.1, 0.15) is 34.4 Å². The van der Waals surface area contributed by atoms with Crippen LogP contribution in [0.15, 0.2) is 48.8 Å². The van der Waals surface area contributed by atoms with Gasteiger partial charge in [-0.05, 0) is 32.0 Å². The lowest BCUT2D eigenvalue weighted by molar-refractivity contribution is -0.137. The summed E-state index contributed by atoms with van der Waals surface area (Å²) in [6, 6.07) is 7.68. The van der Waals surface area contributed by atoms with Crippen LogP contribution in [0.3, 0.4) is 0 Å². The van der Waals surface area contributed by atoms with Gasteiger partial charge in [-0.1, -0.05) is 18.2 Å². The summed E-state index contributed by atoms with van der Waals surface area (Å²) in [7, 11) is 0. The van der Waals surface area contributed by atoms with Gasteiger partial charge in [0.05, 0.1) is 5.56 Å². The molecule has 1 aliphatic heterocycles. The third-order valence-electron chi connectivity index (χ3n) is 4.83. The van der Waals surface area contributed by atoms with E-state index >= 15 is 0 Å². The Labute approximate surface area is 170 Å². The number of anilines is 1. The van der Waals surface area contributed by atoms with Gasteiger partial charge < -0.3 is 4.90 Å². The molecular formula is C21H17F3N6. The summed E-state index contributed by atoms with van der Waals surface area (Å²) in [5, 5.41) is 9.53. The Morgan fingerprint density at radius 1 is 1.17 bits per heavy atom. The van der Waals surface area contributed by atoms with Crippen molar-refractivity contribution in [2.45, 2.75) is 26.1 Å². The summed E-state index contributed by atoms with van der Waals surface area (Å²) in [4.78, 5) is 14.9. The standard InChI is InChI=1S/C21H17F3N6/c1-13-5-3-7-18(27-13)30-10-8-26-20(30)17-6-4-9-29(17)19-15(12-25)16(21(22,23)24)11-14(2)28-19/h3-8,10-11,17H,9H2,1-2H3/t17-/m0/s1. The maximum Gasteiger partial charge on any atom is 0.417 e. The normalized spacial score (nSPS) is 16.1. The quantitative estimate of drug-likeness (QED) is 0.603. The smallest absolute Gasteiger partial charge is 0.338 e. The van der Waals surface area contributed by atoms with E-state index in [9.17, 15) is 18.4 Å². The molecule has 0 N–H and O–H groups in total. The third kappa shape index (κ3) is 3.41. The molecule has 3 aromatic heterocycles. The van der Waals surface area contributed by atoms with Crippen molar-refractivity contribution in [3.8, 4) is 11.9 Å². The maximum atomic E-state index is 13.5. The number of nitriles is 1. The molecule has 0 saturated heterocycles. The van der Waals surface area contributed by atoms with Crippen molar-refractivity contribution in [3.63, 3.8) is 0 Å². The molecule has 0 bridgehead atoms. The molecule has 4 heterocycles. The van der Waals surface area contributed by atoms with Crippen molar-refractivity contribution in [1.29, 1.82) is 5.26 Å². The van der Waals surface area contributed by atoms with Crippen LogP contribution in [0, 0.1) is 25.2 Å². The van der Waals surface area contributed by atoms with E-state index < -0.39 is 23.3 Å². The second kappa shape index (κ2) is 7.30. The predicted molar refractivity (Wildman–Crippen MR) is 104 cm³/mol. The van der Waals surface area contributed by atoms with Crippen molar-refractivity contribution < 1.29 is 13.2 Å². The van der Waals surface area contributed by atoms with E-state index in [-0.39, 0.29) is 11.5 Å². The molecule has 9 heteroatoms. The van der Waals surface area contributed by atoms with Crippen LogP contribution in [-0.2, 0) is 6.18 Å². The molecule has 0 saturated carbocycles. The molecule has 0 amide bonds. The number of halogens is 3. The molecule has 0 aliphatic carbocycles. The first-order valence-electron chi connectivity index (χ1n) is 9.19. The average Bonchev–Trinajstić information content (AvgIpc) is 3.35. The number of nitrogens with zero attached hydrogens (tertiary/aromatic N) is 6. The summed E-state index contributed by atoms with van der Waals surface area (Å²) < 4.78 is 42.4. The number of imidazole rings is 1. The highest BCUT2D eigenvalue weighted by Gasteiger charge is 2.38. The Morgan fingerprint density at radius 3 is 2.67 bits per heavy atom. The van der Waals surface area contributed by atoms with E-state index in [2.05, 4.69) is 15.0 Å². The fourth-order valence-electron chi connectivity index (χ4n) is 3.55. The van der Waals surface area contributed by atoms with Crippen molar-refractivity contribution >= 4 is 5.82 Å². The first kappa shape index (κ1) is 19.6. The first-order valence-corrected chi connectivity index (χ1v) is 9.19. The fraction of sp³-hybridized carbons (Fsp3) is 0.238. The van der Waals surface area contributed by atoms with E-state index in [1.165, 1.54) is 6.92 Å². The Hall–Kier alpha value is -3.67. The number of aromatic nitrogens is 4. The summed E-state index contributed by atoms with van der Waals surface area (Å²) in [6.07, 6.45) is 2.37. The van der Waals surface area contributed by atoms with Gasteiger partial charge in [0.1, 0.15) is 35.1 Å². The van der Waals surface area contributed by atoms with Crippen molar-refractivity contribution in [2.75, 3.05) is 11.4 Å². The van der Waals surface area contributed by atoms with Gasteiger partial charge in [-0.3, -0.25) is 4.57 Å². The highest BCUT2D eigenvalue weighted by atomic mass is 19.4. The second-order valence-corrected chi connectivity index (χ2v) is 6.94. The minimum Gasteiger partial charge on any atom is -0.338 e. The van der Waals surface area contributed by atoms with Crippen LogP contribution >= 0.6 is 0 Å². The topological polar surface area (TPSA) is 70.6 Å². The second-order valence-electron chi connectivity index (χ2n) is 6.94. The zero-order chi connectivity index (χ0) is 21.5. The summed E-state index contributed by atoms with van der Waals surface area (Å²) >= 11 is 0. The zero-order valence-corrected chi connectivity index (χ0v) is 16.2. The Morgan fingerprint density at radius 2 is 1.97 bits per heavy atom. The molecule has 3 aromatic rings. The third-order valence-corrected chi connectivity index (χ3v) is 4.83. The van der Waals surface area contributed by atoms with Gasteiger partial charge in [-0.25, -0.2) is 15.0 Å². The monoisotopic (exact) mass is 410 g/mol. The number of hydrogen-bond acceptors (Lipinski definition) is 5. The molecule has 1 aliphatic rings. The summed E-state index contributed by atoms with van der Waals surface area (Å²) in [5.41, 5.74) is -0.464. The van der Waals surface area contributed by atoms with Gasteiger partial charge in [0, 0.05) is 30.3 Å². The van der Waals surface area contributed by atoms with E-state index in [4.69, 9.17) is 0 Å². The van der Waals surface area contributed by atoms with Crippen LogP contribution in [0.25, 0.3) is 5.82 Å². The number of hydrogen-bond donors (Lipinski definition) is 0.